The normalized spacial score (nSPS) is 15.2. The number of methoxy groups -OCH3 is 2. The van der Waals surface area contributed by atoms with Crippen LogP contribution in [0.15, 0.2) is 55.9 Å². The number of aromatic nitrogens is 2. The highest BCUT2D eigenvalue weighted by atomic mass is 32.2. The molecule has 35 heavy (non-hydrogen) atoms. The van der Waals surface area contributed by atoms with Crippen LogP contribution in [0.5, 0.6) is 23.1 Å². The lowest BCUT2D eigenvalue weighted by atomic mass is 10.0. The predicted octanol–water partition coefficient (Wildman–Crippen LogP) is 4.12. The maximum atomic E-state index is 12.9. The molecule has 4 rings (SSSR count). The number of hydrogen-bond acceptors (Lipinski definition) is 8. The Morgan fingerprint density at radius 2 is 1.83 bits per heavy atom. The number of para-hydroxylation sites is 1. The number of hydrogen-bond donors (Lipinski definition) is 3. The predicted molar refractivity (Wildman–Crippen MR) is 135 cm³/mol. The van der Waals surface area contributed by atoms with Gasteiger partial charge in [-0.2, -0.15) is 0 Å². The van der Waals surface area contributed by atoms with Gasteiger partial charge in [0.1, 0.15) is 5.56 Å². The molecule has 10 heteroatoms. The summed E-state index contributed by atoms with van der Waals surface area (Å²) in [5, 5.41) is 21.1. The number of aromatic hydroxyl groups is 2. The van der Waals surface area contributed by atoms with Crippen LogP contribution >= 0.6 is 11.8 Å². The average Bonchev–Trinajstić information content (AvgIpc) is 3.03. The van der Waals surface area contributed by atoms with Crippen molar-refractivity contribution in [3.8, 4) is 23.1 Å². The number of rotatable bonds is 7. The molecule has 0 amide bonds. The summed E-state index contributed by atoms with van der Waals surface area (Å²) in [5.74, 6) is 0.00765. The fourth-order valence-corrected chi connectivity index (χ4v) is 5.21. The van der Waals surface area contributed by atoms with Gasteiger partial charge in [-0.05, 0) is 36.2 Å². The summed E-state index contributed by atoms with van der Waals surface area (Å²) in [5.41, 5.74) is 0.406. The molecule has 0 radical (unpaired) electrons. The quantitative estimate of drug-likeness (QED) is 0.448. The Bertz CT molecular complexity index is 1370. The van der Waals surface area contributed by atoms with E-state index in [1.54, 1.807) is 12.1 Å². The molecule has 1 aliphatic rings. The second-order valence-electron chi connectivity index (χ2n) is 8.07. The third kappa shape index (κ3) is 4.79. The molecule has 3 aromatic rings. The summed E-state index contributed by atoms with van der Waals surface area (Å²) in [6.07, 6.45) is 1.75. The number of ether oxygens (including phenoxy) is 2. The first-order chi connectivity index (χ1) is 16.9. The SMILES string of the molecule is CCCCn1c(O)c(C2=Nc3ccccc3SC(c3cc(OC)c(O)c(OC)c3)C2)c(=O)[nH]c1=O. The van der Waals surface area contributed by atoms with Crippen LogP contribution in [-0.4, -0.2) is 39.7 Å². The van der Waals surface area contributed by atoms with E-state index in [9.17, 15) is 19.8 Å². The van der Waals surface area contributed by atoms with Crippen LogP contribution in [-0.2, 0) is 6.54 Å². The topological polar surface area (TPSA) is 126 Å². The van der Waals surface area contributed by atoms with Crippen LogP contribution in [0.25, 0.3) is 0 Å². The van der Waals surface area contributed by atoms with E-state index >= 15 is 0 Å². The van der Waals surface area contributed by atoms with Gasteiger partial charge in [0.05, 0.1) is 25.6 Å². The third-order valence-electron chi connectivity index (χ3n) is 5.84. The van der Waals surface area contributed by atoms with E-state index in [0.717, 1.165) is 16.9 Å². The first-order valence-electron chi connectivity index (χ1n) is 11.2. The van der Waals surface area contributed by atoms with E-state index in [-0.39, 0.29) is 41.0 Å². The lowest BCUT2D eigenvalue weighted by Gasteiger charge is -2.19. The van der Waals surface area contributed by atoms with Gasteiger partial charge in [0, 0.05) is 23.1 Å². The molecule has 0 aliphatic carbocycles. The molecule has 1 unspecified atom stereocenters. The molecule has 1 atom stereocenters. The molecule has 184 valence electrons. The van der Waals surface area contributed by atoms with Crippen molar-refractivity contribution in [1.82, 2.24) is 9.55 Å². The average molecular weight is 498 g/mol. The minimum Gasteiger partial charge on any atom is -0.502 e. The van der Waals surface area contributed by atoms with Crippen LogP contribution < -0.4 is 20.7 Å². The van der Waals surface area contributed by atoms with Gasteiger partial charge in [-0.1, -0.05) is 25.5 Å². The van der Waals surface area contributed by atoms with Gasteiger partial charge in [0.15, 0.2) is 11.5 Å². The number of nitrogens with zero attached hydrogens (tertiary/aromatic N) is 2. The number of H-pyrrole nitrogens is 1. The Kier molecular flexibility index (Phi) is 7.20. The third-order valence-corrected chi connectivity index (χ3v) is 7.16. The van der Waals surface area contributed by atoms with Crippen molar-refractivity contribution < 1.29 is 19.7 Å². The lowest BCUT2D eigenvalue weighted by Crippen LogP contribution is -2.34. The first kappa shape index (κ1) is 24.5. The van der Waals surface area contributed by atoms with Gasteiger partial charge in [-0.3, -0.25) is 19.3 Å². The van der Waals surface area contributed by atoms with Crippen LogP contribution in [0.2, 0.25) is 0 Å². The number of nitrogens with one attached hydrogen (secondary N) is 1. The molecule has 0 saturated heterocycles. The van der Waals surface area contributed by atoms with E-state index in [2.05, 4.69) is 4.98 Å². The first-order valence-corrected chi connectivity index (χ1v) is 12.1. The summed E-state index contributed by atoms with van der Waals surface area (Å²) in [7, 11) is 2.91. The fourth-order valence-electron chi connectivity index (χ4n) is 4.00. The zero-order chi connectivity index (χ0) is 25.1. The standard InChI is InChI=1S/C25H27N3O6S/c1-4-5-10-28-24(31)21(23(30)27-25(28)32)16-13-20(35-19-9-7-6-8-15(19)26-16)14-11-17(33-2)22(29)18(12-14)34-3/h6-9,11-12,20,29,31H,4-5,10,13H2,1-3H3,(H,27,30,32). The Labute approximate surface area is 206 Å². The highest BCUT2D eigenvalue weighted by molar-refractivity contribution is 7.99. The number of phenols is 1. The molecule has 3 N–H and O–H groups in total. The molecule has 0 saturated carbocycles. The second kappa shape index (κ2) is 10.3. The number of fused-ring (bicyclic) bond motifs is 1. The van der Waals surface area contributed by atoms with E-state index in [4.69, 9.17) is 14.5 Å². The van der Waals surface area contributed by atoms with Gasteiger partial charge in [-0.25, -0.2) is 4.79 Å². The molecule has 0 spiro atoms. The molecule has 1 aromatic heterocycles. The summed E-state index contributed by atoms with van der Waals surface area (Å²) < 4.78 is 11.8. The highest BCUT2D eigenvalue weighted by Gasteiger charge is 2.28. The van der Waals surface area contributed by atoms with Gasteiger partial charge in [0.25, 0.3) is 5.56 Å². The Hall–Kier alpha value is -3.66. The van der Waals surface area contributed by atoms with E-state index in [1.807, 2.05) is 31.2 Å². The molecule has 0 fully saturated rings. The van der Waals surface area contributed by atoms with Gasteiger partial charge in [0.2, 0.25) is 11.6 Å². The number of aliphatic imine (C=N–C) groups is 1. The van der Waals surface area contributed by atoms with Crippen molar-refractivity contribution in [2.24, 2.45) is 4.99 Å². The number of thioether (sulfide) groups is 1. The van der Waals surface area contributed by atoms with Crippen molar-refractivity contribution in [2.75, 3.05) is 14.2 Å². The van der Waals surface area contributed by atoms with Crippen LogP contribution in [0.4, 0.5) is 5.69 Å². The van der Waals surface area contributed by atoms with Crippen molar-refractivity contribution in [1.29, 1.82) is 0 Å². The molecule has 0 bridgehead atoms. The highest BCUT2D eigenvalue weighted by Crippen LogP contribution is 2.48. The van der Waals surface area contributed by atoms with Gasteiger partial charge >= 0.3 is 5.69 Å². The molecule has 9 nitrogen and oxygen atoms in total. The Morgan fingerprint density at radius 3 is 2.49 bits per heavy atom. The van der Waals surface area contributed by atoms with E-state index in [0.29, 0.717) is 17.8 Å². The Balaban J connectivity index is 1.89. The Morgan fingerprint density at radius 1 is 1.14 bits per heavy atom. The summed E-state index contributed by atoms with van der Waals surface area (Å²) in [6, 6.07) is 10.9. The van der Waals surface area contributed by atoms with Crippen LogP contribution in [0, 0.1) is 0 Å². The van der Waals surface area contributed by atoms with E-state index < -0.39 is 17.1 Å². The van der Waals surface area contributed by atoms with Crippen molar-refractivity contribution >= 4 is 23.2 Å². The monoisotopic (exact) mass is 497 g/mol. The van der Waals surface area contributed by atoms with Gasteiger partial charge in [-0.15, -0.1) is 11.8 Å². The minimum atomic E-state index is -0.692. The number of aromatic amines is 1. The number of phenolic OH excluding ortho intramolecular Hbond substituents is 1. The summed E-state index contributed by atoms with van der Waals surface area (Å²) >= 11 is 1.54. The van der Waals surface area contributed by atoms with Crippen LogP contribution in [0.3, 0.4) is 0 Å². The molecule has 2 aromatic carbocycles. The molecular weight excluding hydrogens is 470 g/mol. The van der Waals surface area contributed by atoms with E-state index in [1.165, 1.54) is 30.5 Å². The van der Waals surface area contributed by atoms with Gasteiger partial charge < -0.3 is 19.7 Å². The van der Waals surface area contributed by atoms with Crippen molar-refractivity contribution in [3.05, 3.63) is 68.4 Å². The maximum absolute atomic E-state index is 12.9. The summed E-state index contributed by atoms with van der Waals surface area (Å²) in [4.78, 5) is 33.2. The smallest absolute Gasteiger partial charge is 0.331 e. The zero-order valence-corrected chi connectivity index (χ0v) is 20.5. The lowest BCUT2D eigenvalue weighted by molar-refractivity contribution is 0.339. The molecule has 1 aliphatic heterocycles. The van der Waals surface area contributed by atoms with Crippen molar-refractivity contribution in [2.45, 2.75) is 42.9 Å². The number of benzene rings is 2. The minimum absolute atomic E-state index is 0.0271. The fraction of sp³-hybridized carbons (Fsp3) is 0.320. The van der Waals surface area contributed by atoms with Crippen LogP contribution in [0.1, 0.15) is 42.6 Å². The van der Waals surface area contributed by atoms with Crippen molar-refractivity contribution in [3.63, 3.8) is 0 Å². The molecular formula is C25H27N3O6S. The second-order valence-corrected chi connectivity index (χ2v) is 9.32. The molecule has 2 heterocycles. The number of unbranched alkanes of at least 4 members (excludes halogenated alkanes) is 1. The largest absolute Gasteiger partial charge is 0.502 e. The zero-order valence-electron chi connectivity index (χ0n) is 19.7. The maximum Gasteiger partial charge on any atom is 0.331 e. The summed E-state index contributed by atoms with van der Waals surface area (Å²) in [6.45, 7) is 2.25.